The van der Waals surface area contributed by atoms with E-state index in [1.165, 1.54) is 16.3 Å². The van der Waals surface area contributed by atoms with Crippen LogP contribution in [0.1, 0.15) is 29.9 Å². The summed E-state index contributed by atoms with van der Waals surface area (Å²) in [5.41, 5.74) is 4.69. The monoisotopic (exact) mass is 586 g/mol. The summed E-state index contributed by atoms with van der Waals surface area (Å²) >= 11 is 0. The molecule has 3 aromatic carbocycles. The Balaban J connectivity index is 0.00000259. The van der Waals surface area contributed by atoms with Gasteiger partial charge in [0.05, 0.1) is 0 Å². The molecule has 0 saturated heterocycles. The van der Waals surface area contributed by atoms with Gasteiger partial charge in [-0.3, -0.25) is 0 Å². The van der Waals surface area contributed by atoms with Gasteiger partial charge < -0.3 is 9.47 Å². The van der Waals surface area contributed by atoms with Crippen molar-refractivity contribution >= 4 is 27.5 Å². The van der Waals surface area contributed by atoms with Gasteiger partial charge >= 0.3 is 20.1 Å². The van der Waals surface area contributed by atoms with Gasteiger partial charge in [0, 0.05) is 26.7 Å². The molecule has 0 N–H and O–H groups in total. The Morgan fingerprint density at radius 3 is 2.42 bits per heavy atom. The average molecular weight is 586 g/mol. The van der Waals surface area contributed by atoms with Crippen LogP contribution >= 0.6 is 0 Å². The van der Waals surface area contributed by atoms with Gasteiger partial charge in [0.15, 0.2) is 0 Å². The van der Waals surface area contributed by atoms with Gasteiger partial charge in [0.25, 0.3) is 0 Å². The van der Waals surface area contributed by atoms with Crippen LogP contribution in [0.25, 0.3) is 27.5 Å². The predicted molar refractivity (Wildman–Crippen MR) is 128 cm³/mol. The molecule has 4 aromatic rings. The molecule has 2 nitrogen and oxygen atoms in total. The van der Waals surface area contributed by atoms with Gasteiger partial charge in [-0.15, -0.1) is 11.5 Å². The van der Waals surface area contributed by atoms with Gasteiger partial charge in [-0.2, -0.15) is 12.1 Å². The van der Waals surface area contributed by atoms with Crippen molar-refractivity contribution in [2.45, 2.75) is 27.1 Å². The molecule has 0 amide bonds. The second kappa shape index (κ2) is 8.49. The van der Waals surface area contributed by atoms with Crippen molar-refractivity contribution in [3.63, 3.8) is 0 Å². The number of aromatic nitrogens is 1. The number of hydrogen-bond donors (Lipinski definition) is 0. The first-order valence-electron chi connectivity index (χ1n) is 11.4. The van der Waals surface area contributed by atoms with Crippen molar-refractivity contribution in [1.29, 1.82) is 0 Å². The van der Waals surface area contributed by atoms with Crippen molar-refractivity contribution in [1.82, 2.24) is 4.57 Å². The van der Waals surface area contributed by atoms with Crippen LogP contribution in [-0.2, 0) is 20.1 Å². The van der Waals surface area contributed by atoms with Gasteiger partial charge in [0.2, 0.25) is 0 Å². The molecule has 0 radical (unpaired) electrons. The maximum absolute atomic E-state index is 8.55. The molecule has 31 heavy (non-hydrogen) atoms. The third-order valence-electron chi connectivity index (χ3n) is 5.37. The number of allylic oxidation sites excluding steroid dienone is 2. The predicted octanol–water partition coefficient (Wildman–Crippen LogP) is 7.28. The molecule has 3 heteroatoms. The van der Waals surface area contributed by atoms with E-state index < -0.39 is 11.8 Å². The Morgan fingerprint density at radius 2 is 1.71 bits per heavy atom. The molecule has 0 spiro atoms. The second-order valence-corrected chi connectivity index (χ2v) is 8.81. The molecule has 1 aliphatic heterocycles. The maximum Gasteiger partial charge on any atom is 3.00 e. The number of fused-ring (bicyclic) bond motifs is 3. The SMILES string of the molecule is [2H]C([2H])(C1=CCN(c2[c-]cc3c4ccccc4n(-c4ccccc4)c3c2)C=C1)C(C)(C)C.[Ir+3]. The molecular formula is C28H27IrN2+2. The molecule has 1 aromatic heterocycles. The Kier molecular flexibility index (Phi) is 5.23. The van der Waals surface area contributed by atoms with Crippen molar-refractivity contribution < 1.29 is 22.8 Å². The summed E-state index contributed by atoms with van der Waals surface area (Å²) in [7, 11) is 0. The fourth-order valence-corrected chi connectivity index (χ4v) is 4.12. The van der Waals surface area contributed by atoms with E-state index in [-0.39, 0.29) is 20.1 Å². The molecule has 156 valence electrons. The quantitative estimate of drug-likeness (QED) is 0.230. The summed E-state index contributed by atoms with van der Waals surface area (Å²) in [5.74, 6) is 0. The van der Waals surface area contributed by atoms with Gasteiger partial charge in [-0.05, 0) is 47.0 Å². The standard InChI is InChI=1S/C28H27N2.Ir/c1-28(2,3)20-21-15-17-29(18-16-21)23-13-14-25-24-11-7-8-12-26(24)30(27(25)19-23)22-9-5-4-6-10-22;/h4-12,14-17,19H,18,20H2,1-3H3;/q-1;+3/i20D2;. The summed E-state index contributed by atoms with van der Waals surface area (Å²) in [6, 6.07) is 26.6. The van der Waals surface area contributed by atoms with E-state index in [1.54, 1.807) is 0 Å². The third-order valence-corrected chi connectivity index (χ3v) is 5.37. The Morgan fingerprint density at radius 1 is 0.968 bits per heavy atom. The minimum absolute atomic E-state index is 0. The van der Waals surface area contributed by atoms with E-state index in [9.17, 15) is 0 Å². The summed E-state index contributed by atoms with van der Waals surface area (Å²) in [6.45, 7) is 6.45. The fraction of sp³-hybridized carbons (Fsp3) is 0.214. The van der Waals surface area contributed by atoms with Crippen LogP contribution in [0, 0.1) is 11.5 Å². The molecule has 1 aliphatic rings. The first-order valence-corrected chi connectivity index (χ1v) is 10.4. The van der Waals surface area contributed by atoms with E-state index in [1.807, 2.05) is 45.2 Å². The summed E-state index contributed by atoms with van der Waals surface area (Å²) < 4.78 is 19.4. The molecule has 0 fully saturated rings. The van der Waals surface area contributed by atoms with Crippen molar-refractivity contribution in [2.24, 2.45) is 5.41 Å². The number of anilines is 1. The largest absolute Gasteiger partial charge is 3.00 e. The van der Waals surface area contributed by atoms with E-state index in [0.29, 0.717) is 6.54 Å². The second-order valence-electron chi connectivity index (χ2n) is 8.81. The number of hydrogen-bond acceptors (Lipinski definition) is 1. The van der Waals surface area contributed by atoms with Crippen LogP contribution in [-0.4, -0.2) is 11.1 Å². The van der Waals surface area contributed by atoms with E-state index in [4.69, 9.17) is 2.74 Å². The summed E-state index contributed by atoms with van der Waals surface area (Å²) in [6.07, 6.45) is 4.49. The topological polar surface area (TPSA) is 8.17 Å². The minimum Gasteiger partial charge on any atom is -0.367 e. The molecule has 5 rings (SSSR count). The average Bonchev–Trinajstić information content (AvgIpc) is 3.12. The molecule has 0 aliphatic carbocycles. The first kappa shape index (κ1) is 19.1. The smallest absolute Gasteiger partial charge is 0.367 e. The van der Waals surface area contributed by atoms with Crippen molar-refractivity contribution in [3.05, 3.63) is 96.7 Å². The molecule has 0 unspecified atom stereocenters. The molecule has 0 saturated carbocycles. The first-order chi connectivity index (χ1) is 15.3. The summed E-state index contributed by atoms with van der Waals surface area (Å²) in [5, 5.41) is 2.39. The Labute approximate surface area is 201 Å². The van der Waals surface area contributed by atoms with Crippen LogP contribution in [0.2, 0.25) is 0 Å². The van der Waals surface area contributed by atoms with Gasteiger partial charge in [0.1, 0.15) is 0 Å². The molecule has 0 atom stereocenters. The third kappa shape index (κ3) is 4.26. The Bertz CT molecular complexity index is 1360. The molecular weight excluding hydrogens is 557 g/mol. The number of para-hydroxylation sites is 2. The summed E-state index contributed by atoms with van der Waals surface area (Å²) in [4.78, 5) is 2.12. The van der Waals surface area contributed by atoms with E-state index >= 15 is 0 Å². The zero-order valence-electron chi connectivity index (χ0n) is 20.0. The van der Waals surface area contributed by atoms with E-state index in [0.717, 1.165) is 22.5 Å². The zero-order chi connectivity index (χ0) is 22.5. The van der Waals surface area contributed by atoms with Gasteiger partial charge in [-0.1, -0.05) is 74.4 Å². The molecule has 2 heterocycles. The fourth-order valence-electron chi connectivity index (χ4n) is 4.12. The van der Waals surface area contributed by atoms with Crippen LogP contribution in [0.15, 0.2) is 90.7 Å². The number of rotatable bonds is 3. The van der Waals surface area contributed by atoms with Crippen LogP contribution < -0.4 is 4.90 Å². The van der Waals surface area contributed by atoms with Crippen LogP contribution in [0.4, 0.5) is 5.69 Å². The van der Waals surface area contributed by atoms with Crippen LogP contribution in [0.3, 0.4) is 0 Å². The van der Waals surface area contributed by atoms with Crippen molar-refractivity contribution in [3.8, 4) is 5.69 Å². The molecule has 0 bridgehead atoms. The van der Waals surface area contributed by atoms with Crippen LogP contribution in [0.5, 0.6) is 0 Å². The minimum atomic E-state index is -1.39. The maximum atomic E-state index is 8.55. The normalized spacial score (nSPS) is 15.5. The van der Waals surface area contributed by atoms with Crippen molar-refractivity contribution in [2.75, 3.05) is 11.4 Å². The zero-order valence-corrected chi connectivity index (χ0v) is 20.4. The van der Waals surface area contributed by atoms with Gasteiger partial charge in [-0.25, -0.2) is 0 Å². The Hall–Kier alpha value is -2.61. The number of nitrogens with zero attached hydrogens (tertiary/aromatic N) is 2. The van der Waals surface area contributed by atoms with E-state index in [2.05, 4.69) is 76.2 Å². The number of benzene rings is 3.